The van der Waals surface area contributed by atoms with Crippen LogP contribution >= 0.6 is 0 Å². The lowest BCUT2D eigenvalue weighted by atomic mass is 10.2. The zero-order chi connectivity index (χ0) is 14.5. The van der Waals surface area contributed by atoms with Crippen molar-refractivity contribution < 1.29 is 9.59 Å². The molecule has 2 aromatic rings. The number of nitrogens with zero attached hydrogens (tertiary/aromatic N) is 2. The standard InChI is InChI=1S/C13H17N5O2/c1-18(2)13(20)15-8-7-14-12(19)11-9-5-3-4-6-10(9)16-17-11/h3-6H,7-8H2,1-2H3,(H,14,19)(H,15,20)(H,16,17). The summed E-state index contributed by atoms with van der Waals surface area (Å²) in [5.74, 6) is -0.262. The summed E-state index contributed by atoms with van der Waals surface area (Å²) in [6.45, 7) is 0.713. The number of aromatic amines is 1. The summed E-state index contributed by atoms with van der Waals surface area (Å²) in [5, 5.41) is 13.0. The Balaban J connectivity index is 1.88. The molecule has 0 unspecified atom stereocenters. The predicted molar refractivity (Wildman–Crippen MR) is 75.5 cm³/mol. The first-order valence-corrected chi connectivity index (χ1v) is 6.26. The maximum atomic E-state index is 12.0. The van der Waals surface area contributed by atoms with E-state index in [1.54, 1.807) is 14.1 Å². The zero-order valence-corrected chi connectivity index (χ0v) is 11.4. The summed E-state index contributed by atoms with van der Waals surface area (Å²) < 4.78 is 0. The molecule has 1 heterocycles. The highest BCUT2D eigenvalue weighted by Crippen LogP contribution is 2.14. The van der Waals surface area contributed by atoms with Gasteiger partial charge in [0.15, 0.2) is 5.69 Å². The molecule has 0 fully saturated rings. The summed E-state index contributed by atoms with van der Waals surface area (Å²) >= 11 is 0. The van der Waals surface area contributed by atoms with Crippen LogP contribution in [0.25, 0.3) is 10.9 Å². The second-order valence-electron chi connectivity index (χ2n) is 4.50. The Kier molecular flexibility index (Phi) is 4.19. The summed E-state index contributed by atoms with van der Waals surface area (Å²) in [5.41, 5.74) is 1.18. The van der Waals surface area contributed by atoms with Gasteiger partial charge >= 0.3 is 6.03 Å². The van der Waals surface area contributed by atoms with Gasteiger partial charge < -0.3 is 15.5 Å². The molecule has 2 rings (SSSR count). The van der Waals surface area contributed by atoms with E-state index in [4.69, 9.17) is 0 Å². The Morgan fingerprint density at radius 1 is 1.20 bits per heavy atom. The molecule has 0 radical (unpaired) electrons. The van der Waals surface area contributed by atoms with Gasteiger partial charge in [0.05, 0.1) is 5.52 Å². The van der Waals surface area contributed by atoms with Crippen molar-refractivity contribution in [2.75, 3.05) is 27.2 Å². The third-order valence-electron chi connectivity index (χ3n) is 2.78. The number of fused-ring (bicyclic) bond motifs is 1. The Morgan fingerprint density at radius 2 is 1.90 bits per heavy atom. The number of para-hydroxylation sites is 1. The summed E-state index contributed by atoms with van der Waals surface area (Å²) in [6, 6.07) is 7.23. The molecule has 1 aromatic carbocycles. The zero-order valence-electron chi connectivity index (χ0n) is 11.4. The molecule has 3 N–H and O–H groups in total. The average molecular weight is 275 g/mol. The molecule has 1 aromatic heterocycles. The lowest BCUT2D eigenvalue weighted by Gasteiger charge is -2.11. The maximum absolute atomic E-state index is 12.0. The van der Waals surface area contributed by atoms with Gasteiger partial charge in [-0.2, -0.15) is 5.10 Å². The number of carbonyl (C=O) groups excluding carboxylic acids is 2. The molecule has 0 aliphatic carbocycles. The molecule has 0 spiro atoms. The van der Waals surface area contributed by atoms with Crippen LogP contribution in [0.1, 0.15) is 10.5 Å². The number of amides is 3. The quantitative estimate of drug-likeness (QED) is 0.712. The van der Waals surface area contributed by atoms with E-state index in [9.17, 15) is 9.59 Å². The minimum absolute atomic E-state index is 0.190. The number of rotatable bonds is 4. The minimum Gasteiger partial charge on any atom is -0.349 e. The monoisotopic (exact) mass is 275 g/mol. The molecule has 7 heteroatoms. The first-order chi connectivity index (χ1) is 9.59. The van der Waals surface area contributed by atoms with E-state index in [0.717, 1.165) is 10.9 Å². The second-order valence-corrected chi connectivity index (χ2v) is 4.50. The van der Waals surface area contributed by atoms with Crippen LogP contribution in [-0.4, -0.2) is 54.2 Å². The smallest absolute Gasteiger partial charge is 0.316 e. The number of hydrogen-bond donors (Lipinski definition) is 3. The fourth-order valence-corrected chi connectivity index (χ4v) is 1.72. The largest absolute Gasteiger partial charge is 0.349 e. The molecule has 0 atom stereocenters. The van der Waals surface area contributed by atoms with Gasteiger partial charge in [0, 0.05) is 32.6 Å². The van der Waals surface area contributed by atoms with E-state index >= 15 is 0 Å². The van der Waals surface area contributed by atoms with Crippen molar-refractivity contribution in [3.63, 3.8) is 0 Å². The average Bonchev–Trinajstić information content (AvgIpc) is 2.87. The van der Waals surface area contributed by atoms with Crippen molar-refractivity contribution >= 4 is 22.8 Å². The Hall–Kier alpha value is -2.57. The molecule has 0 saturated carbocycles. The van der Waals surface area contributed by atoms with E-state index < -0.39 is 0 Å². The van der Waals surface area contributed by atoms with Crippen molar-refractivity contribution in [1.29, 1.82) is 0 Å². The third-order valence-corrected chi connectivity index (χ3v) is 2.78. The second kappa shape index (κ2) is 6.05. The van der Waals surface area contributed by atoms with Gasteiger partial charge in [-0.25, -0.2) is 4.79 Å². The minimum atomic E-state index is -0.262. The van der Waals surface area contributed by atoms with Crippen LogP contribution in [0.5, 0.6) is 0 Å². The first kappa shape index (κ1) is 13.9. The van der Waals surface area contributed by atoms with Gasteiger partial charge in [0.25, 0.3) is 5.91 Å². The predicted octanol–water partition coefficient (Wildman–Crippen LogP) is 0.564. The molecule has 0 saturated heterocycles. The topological polar surface area (TPSA) is 90.1 Å². The van der Waals surface area contributed by atoms with Crippen molar-refractivity contribution in [2.45, 2.75) is 0 Å². The molecule has 3 amide bonds. The lowest BCUT2D eigenvalue weighted by molar-refractivity contribution is 0.0950. The van der Waals surface area contributed by atoms with Crippen molar-refractivity contribution in [1.82, 2.24) is 25.7 Å². The van der Waals surface area contributed by atoms with Gasteiger partial charge in [-0.1, -0.05) is 18.2 Å². The fraction of sp³-hybridized carbons (Fsp3) is 0.308. The van der Waals surface area contributed by atoms with Crippen LogP contribution in [-0.2, 0) is 0 Å². The SMILES string of the molecule is CN(C)C(=O)NCCNC(=O)c1n[nH]c2ccccc12. The molecule has 106 valence electrons. The number of benzene rings is 1. The van der Waals surface area contributed by atoms with Crippen molar-refractivity contribution in [3.05, 3.63) is 30.0 Å². The van der Waals surface area contributed by atoms with Crippen LogP contribution in [0.3, 0.4) is 0 Å². The molecule has 0 bridgehead atoms. The van der Waals surface area contributed by atoms with Gasteiger partial charge in [-0.15, -0.1) is 0 Å². The van der Waals surface area contributed by atoms with Gasteiger partial charge in [0.2, 0.25) is 0 Å². The normalized spacial score (nSPS) is 10.3. The van der Waals surface area contributed by atoms with Gasteiger partial charge in [-0.05, 0) is 6.07 Å². The first-order valence-electron chi connectivity index (χ1n) is 6.26. The number of urea groups is 1. The summed E-state index contributed by atoms with van der Waals surface area (Å²) in [7, 11) is 3.31. The van der Waals surface area contributed by atoms with E-state index in [-0.39, 0.29) is 11.9 Å². The Bertz CT molecular complexity index is 620. The number of carbonyl (C=O) groups is 2. The van der Waals surface area contributed by atoms with Crippen molar-refractivity contribution in [3.8, 4) is 0 Å². The summed E-state index contributed by atoms with van der Waals surface area (Å²) in [4.78, 5) is 24.7. The molecule has 7 nitrogen and oxygen atoms in total. The maximum Gasteiger partial charge on any atom is 0.316 e. The van der Waals surface area contributed by atoms with Crippen LogP contribution in [0.2, 0.25) is 0 Å². The number of aromatic nitrogens is 2. The van der Waals surface area contributed by atoms with Gasteiger partial charge in [-0.3, -0.25) is 9.89 Å². The van der Waals surface area contributed by atoms with E-state index in [2.05, 4.69) is 20.8 Å². The van der Waals surface area contributed by atoms with Crippen LogP contribution in [0, 0.1) is 0 Å². The highest BCUT2D eigenvalue weighted by molar-refractivity contribution is 6.04. The molecule has 20 heavy (non-hydrogen) atoms. The number of hydrogen-bond acceptors (Lipinski definition) is 3. The van der Waals surface area contributed by atoms with Crippen LogP contribution in [0.15, 0.2) is 24.3 Å². The molecular weight excluding hydrogens is 258 g/mol. The number of H-pyrrole nitrogens is 1. The molecule has 0 aliphatic heterocycles. The van der Waals surface area contributed by atoms with E-state index in [1.165, 1.54) is 4.90 Å². The van der Waals surface area contributed by atoms with E-state index in [1.807, 2.05) is 24.3 Å². The highest BCUT2D eigenvalue weighted by Gasteiger charge is 2.13. The molecular formula is C13H17N5O2. The van der Waals surface area contributed by atoms with Crippen LogP contribution in [0.4, 0.5) is 4.79 Å². The third kappa shape index (κ3) is 3.05. The molecule has 0 aliphatic rings. The highest BCUT2D eigenvalue weighted by atomic mass is 16.2. The van der Waals surface area contributed by atoms with Crippen molar-refractivity contribution in [2.24, 2.45) is 0 Å². The Labute approximate surface area is 116 Å². The lowest BCUT2D eigenvalue weighted by Crippen LogP contribution is -2.39. The van der Waals surface area contributed by atoms with Gasteiger partial charge in [0.1, 0.15) is 0 Å². The Morgan fingerprint density at radius 3 is 2.65 bits per heavy atom. The van der Waals surface area contributed by atoms with Crippen LogP contribution < -0.4 is 10.6 Å². The fourth-order valence-electron chi connectivity index (χ4n) is 1.72. The summed E-state index contributed by atoms with van der Waals surface area (Å²) in [6.07, 6.45) is 0. The number of nitrogens with one attached hydrogen (secondary N) is 3. The van der Waals surface area contributed by atoms with E-state index in [0.29, 0.717) is 18.8 Å².